The highest BCUT2D eigenvalue weighted by molar-refractivity contribution is 6.36. The number of anilines is 2. The maximum Gasteiger partial charge on any atom is 0.256 e. The Morgan fingerprint density at radius 1 is 1.08 bits per heavy atom. The highest BCUT2D eigenvalue weighted by atomic mass is 35.5. The van der Waals surface area contributed by atoms with E-state index >= 15 is 0 Å². The lowest BCUT2D eigenvalue weighted by molar-refractivity contribution is -0.117. The average Bonchev–Trinajstić information content (AvgIpc) is 3.38. The molecule has 2 aliphatic rings. The minimum absolute atomic E-state index is 0.0392. The highest BCUT2D eigenvalue weighted by Crippen LogP contribution is 2.42. The lowest BCUT2D eigenvalue weighted by Crippen LogP contribution is -2.35. The van der Waals surface area contributed by atoms with Crippen LogP contribution in [0.4, 0.5) is 17.1 Å². The normalized spacial score (nSPS) is 15.9. The Bertz CT molecular complexity index is 1500. The molecular formula is C30H27Cl2N3O4. The summed E-state index contributed by atoms with van der Waals surface area (Å²) in [6.45, 7) is 2.42. The number of hydrogen-bond donors (Lipinski definition) is 0. The third-order valence-electron chi connectivity index (χ3n) is 7.11. The number of carbonyl (C=O) groups excluding carboxylic acids is 3. The Balaban J connectivity index is 1.69. The molecule has 0 aromatic heterocycles. The topological polar surface area (TPSA) is 79.3 Å². The van der Waals surface area contributed by atoms with Crippen molar-refractivity contribution in [2.24, 2.45) is 4.99 Å². The van der Waals surface area contributed by atoms with Crippen LogP contribution in [0.15, 0.2) is 59.6 Å². The van der Waals surface area contributed by atoms with Gasteiger partial charge in [-0.3, -0.25) is 19.4 Å². The quantitative estimate of drug-likeness (QED) is 0.286. The molecule has 0 saturated carbocycles. The first-order valence-corrected chi connectivity index (χ1v) is 13.5. The smallest absolute Gasteiger partial charge is 0.256 e. The SMILES string of the molecule is CCC(=O)CN(c1cc2c(cc1OC)C(=O)N1CCC[C@H]1C=N2)c1ccc(Cl)cc1C(=O)c1ccccc1Cl. The van der Waals surface area contributed by atoms with Gasteiger partial charge in [0.15, 0.2) is 11.6 Å². The zero-order chi connectivity index (χ0) is 27.7. The van der Waals surface area contributed by atoms with E-state index in [2.05, 4.69) is 4.99 Å². The van der Waals surface area contributed by atoms with Gasteiger partial charge in [0, 0.05) is 35.3 Å². The maximum atomic E-state index is 13.8. The summed E-state index contributed by atoms with van der Waals surface area (Å²) in [7, 11) is 1.51. The monoisotopic (exact) mass is 563 g/mol. The lowest BCUT2D eigenvalue weighted by Gasteiger charge is -2.29. The molecule has 3 aromatic rings. The van der Waals surface area contributed by atoms with Gasteiger partial charge in [0.25, 0.3) is 5.91 Å². The van der Waals surface area contributed by atoms with Crippen LogP contribution in [0.3, 0.4) is 0 Å². The predicted molar refractivity (Wildman–Crippen MR) is 154 cm³/mol. The Hall–Kier alpha value is -3.68. The number of methoxy groups -OCH3 is 1. The molecule has 0 N–H and O–H groups in total. The predicted octanol–water partition coefficient (Wildman–Crippen LogP) is 6.67. The second-order valence-corrected chi connectivity index (χ2v) is 10.3. The number of nitrogens with zero attached hydrogens (tertiary/aromatic N) is 3. The van der Waals surface area contributed by atoms with Crippen LogP contribution < -0.4 is 9.64 Å². The fraction of sp³-hybridized carbons (Fsp3) is 0.267. The molecule has 0 radical (unpaired) electrons. The Morgan fingerprint density at radius 3 is 2.62 bits per heavy atom. The number of Topliss-reactive ketones (excluding diaryl/α,β-unsaturated/α-hetero) is 1. The minimum Gasteiger partial charge on any atom is -0.495 e. The van der Waals surface area contributed by atoms with Gasteiger partial charge in [-0.25, -0.2) is 0 Å². The van der Waals surface area contributed by atoms with Gasteiger partial charge in [-0.05, 0) is 55.3 Å². The molecule has 2 heterocycles. The minimum atomic E-state index is -0.338. The molecule has 1 saturated heterocycles. The van der Waals surface area contributed by atoms with E-state index in [1.807, 2.05) is 11.1 Å². The lowest BCUT2D eigenvalue weighted by atomic mass is 9.99. The van der Waals surface area contributed by atoms with Crippen LogP contribution >= 0.6 is 23.2 Å². The second-order valence-electron chi connectivity index (χ2n) is 9.48. The molecule has 0 bridgehead atoms. The van der Waals surface area contributed by atoms with E-state index in [9.17, 15) is 14.4 Å². The van der Waals surface area contributed by atoms with Crippen molar-refractivity contribution in [2.75, 3.05) is 25.1 Å². The molecule has 200 valence electrons. The van der Waals surface area contributed by atoms with Gasteiger partial charge in [0.1, 0.15) is 5.75 Å². The number of amides is 1. The number of halogens is 2. The number of fused-ring (bicyclic) bond motifs is 2. The van der Waals surface area contributed by atoms with E-state index in [-0.39, 0.29) is 35.6 Å². The summed E-state index contributed by atoms with van der Waals surface area (Å²) in [6, 6.07) is 15.1. The van der Waals surface area contributed by atoms with Crippen molar-refractivity contribution < 1.29 is 19.1 Å². The number of ether oxygens (including phenoxy) is 1. The fourth-order valence-electron chi connectivity index (χ4n) is 5.03. The van der Waals surface area contributed by atoms with Gasteiger partial charge in [-0.2, -0.15) is 0 Å². The summed E-state index contributed by atoms with van der Waals surface area (Å²) in [5.41, 5.74) is 2.45. The summed E-state index contributed by atoms with van der Waals surface area (Å²) in [6.07, 6.45) is 3.89. The molecule has 3 aromatic carbocycles. The van der Waals surface area contributed by atoms with Crippen LogP contribution in [0.5, 0.6) is 5.75 Å². The number of rotatable bonds is 8. The summed E-state index contributed by atoms with van der Waals surface area (Å²) < 4.78 is 5.75. The molecule has 9 heteroatoms. The van der Waals surface area contributed by atoms with E-state index in [0.29, 0.717) is 56.9 Å². The van der Waals surface area contributed by atoms with Gasteiger partial charge in [0.05, 0.1) is 47.3 Å². The summed E-state index contributed by atoms with van der Waals surface area (Å²) >= 11 is 12.7. The van der Waals surface area contributed by atoms with E-state index in [1.165, 1.54) is 7.11 Å². The third kappa shape index (κ3) is 5.16. The van der Waals surface area contributed by atoms with Crippen LogP contribution in [-0.4, -0.2) is 54.8 Å². The molecule has 39 heavy (non-hydrogen) atoms. The summed E-state index contributed by atoms with van der Waals surface area (Å²) in [5.74, 6) is -0.120. The van der Waals surface area contributed by atoms with Gasteiger partial charge in [0.2, 0.25) is 0 Å². The molecule has 0 unspecified atom stereocenters. The van der Waals surface area contributed by atoms with Crippen LogP contribution in [-0.2, 0) is 4.79 Å². The zero-order valence-corrected chi connectivity index (χ0v) is 23.1. The largest absolute Gasteiger partial charge is 0.495 e. The number of aliphatic imine (C=N–C) groups is 1. The Morgan fingerprint density at radius 2 is 1.87 bits per heavy atom. The number of carbonyl (C=O) groups is 3. The van der Waals surface area contributed by atoms with E-state index < -0.39 is 0 Å². The van der Waals surface area contributed by atoms with Crippen molar-refractivity contribution in [3.63, 3.8) is 0 Å². The van der Waals surface area contributed by atoms with E-state index in [4.69, 9.17) is 27.9 Å². The first kappa shape index (κ1) is 26.9. The summed E-state index contributed by atoms with van der Waals surface area (Å²) in [5, 5.41) is 0.668. The molecule has 7 nitrogen and oxygen atoms in total. The fourth-order valence-corrected chi connectivity index (χ4v) is 5.43. The van der Waals surface area contributed by atoms with Gasteiger partial charge >= 0.3 is 0 Å². The van der Waals surface area contributed by atoms with Gasteiger partial charge in [-0.1, -0.05) is 42.3 Å². The molecule has 2 aliphatic heterocycles. The van der Waals surface area contributed by atoms with Crippen molar-refractivity contribution in [3.8, 4) is 5.75 Å². The van der Waals surface area contributed by atoms with Crippen molar-refractivity contribution in [1.82, 2.24) is 4.90 Å². The van der Waals surface area contributed by atoms with Gasteiger partial charge < -0.3 is 14.5 Å². The third-order valence-corrected chi connectivity index (χ3v) is 7.67. The number of benzene rings is 3. The van der Waals surface area contributed by atoms with Crippen LogP contribution in [0.2, 0.25) is 10.0 Å². The molecule has 1 fully saturated rings. The first-order valence-electron chi connectivity index (χ1n) is 12.8. The van der Waals surface area contributed by atoms with Crippen molar-refractivity contribution in [1.29, 1.82) is 0 Å². The molecular weight excluding hydrogens is 537 g/mol. The average molecular weight is 564 g/mol. The maximum absolute atomic E-state index is 13.8. The highest BCUT2D eigenvalue weighted by Gasteiger charge is 2.33. The van der Waals surface area contributed by atoms with Crippen molar-refractivity contribution in [3.05, 3.63) is 81.3 Å². The van der Waals surface area contributed by atoms with E-state index in [0.717, 1.165) is 12.8 Å². The van der Waals surface area contributed by atoms with E-state index in [1.54, 1.807) is 66.4 Å². The Kier molecular flexibility index (Phi) is 7.73. The first-order chi connectivity index (χ1) is 18.8. The number of ketones is 2. The molecule has 1 atom stereocenters. The second kappa shape index (κ2) is 11.2. The van der Waals surface area contributed by atoms with Crippen LogP contribution in [0.25, 0.3) is 0 Å². The standard InChI is InChI=1S/C30H27Cl2N3O4/c1-3-20(36)17-35(26-11-10-18(31)13-23(26)29(37)21-8-4-5-9-24(21)32)27-15-25-22(14-28(27)39-2)30(38)34-12-6-7-19(34)16-33-25/h4-5,8-11,13-16,19H,3,6-7,12,17H2,1-2H3/t19-/m0/s1. The molecule has 0 aliphatic carbocycles. The Labute approximate surface area is 237 Å². The molecule has 1 amide bonds. The summed E-state index contributed by atoms with van der Waals surface area (Å²) in [4.78, 5) is 48.2. The van der Waals surface area contributed by atoms with Gasteiger partial charge in [-0.15, -0.1) is 0 Å². The molecule has 0 spiro atoms. The zero-order valence-electron chi connectivity index (χ0n) is 21.6. The van der Waals surface area contributed by atoms with Crippen LogP contribution in [0.1, 0.15) is 52.5 Å². The number of hydrogen-bond acceptors (Lipinski definition) is 6. The van der Waals surface area contributed by atoms with Crippen molar-refractivity contribution in [2.45, 2.75) is 32.2 Å². The van der Waals surface area contributed by atoms with Crippen LogP contribution in [0, 0.1) is 0 Å². The van der Waals surface area contributed by atoms with Crippen molar-refractivity contribution >= 4 is 64.0 Å². The molecule has 5 rings (SSSR count).